The molecule has 1 heterocycles. The van der Waals surface area contributed by atoms with Crippen LogP contribution in [0.1, 0.15) is 23.1 Å². The minimum absolute atomic E-state index is 0.110. The zero-order chi connectivity index (χ0) is 21.7. The number of benzene rings is 2. The largest absolute Gasteiger partial charge is 0.416 e. The van der Waals surface area contributed by atoms with Crippen molar-refractivity contribution in [3.8, 4) is 0 Å². The highest BCUT2D eigenvalue weighted by molar-refractivity contribution is 6.09. The zero-order valence-corrected chi connectivity index (χ0v) is 15.8. The highest BCUT2D eigenvalue weighted by Crippen LogP contribution is 2.29. The molecule has 0 aliphatic heterocycles. The number of alkyl halides is 3. The van der Waals surface area contributed by atoms with E-state index in [0.29, 0.717) is 23.4 Å². The van der Waals surface area contributed by atoms with Gasteiger partial charge in [0.2, 0.25) is 5.91 Å². The predicted molar refractivity (Wildman–Crippen MR) is 111 cm³/mol. The fourth-order valence-corrected chi connectivity index (χ4v) is 2.94. The van der Waals surface area contributed by atoms with E-state index in [9.17, 15) is 18.0 Å². The van der Waals surface area contributed by atoms with Gasteiger partial charge in [0, 0.05) is 36.0 Å². The summed E-state index contributed by atoms with van der Waals surface area (Å²) in [5.41, 5.74) is 6.79. The first-order chi connectivity index (χ1) is 14.3. The number of allylic oxidation sites excluding steroid dienone is 1. The molecule has 30 heavy (non-hydrogen) atoms. The number of pyridine rings is 1. The van der Waals surface area contributed by atoms with Gasteiger partial charge in [-0.25, -0.2) is 4.98 Å². The van der Waals surface area contributed by atoms with Crippen LogP contribution in [-0.2, 0) is 17.4 Å². The van der Waals surface area contributed by atoms with E-state index in [1.807, 2.05) is 18.2 Å². The maximum Gasteiger partial charge on any atom is 0.416 e. The first-order valence-electron chi connectivity index (χ1n) is 9.08. The number of amides is 1. The van der Waals surface area contributed by atoms with Crippen LogP contribution < -0.4 is 11.1 Å². The van der Waals surface area contributed by atoms with Gasteiger partial charge < -0.3 is 16.5 Å². The van der Waals surface area contributed by atoms with Crippen LogP contribution in [0.15, 0.2) is 60.9 Å². The van der Waals surface area contributed by atoms with E-state index >= 15 is 0 Å². The Kier molecular flexibility index (Phi) is 6.15. The molecule has 0 atom stereocenters. The van der Waals surface area contributed by atoms with E-state index in [-0.39, 0.29) is 12.3 Å². The standard InChI is InChI=1S/C22H19F3N4O/c23-22(24,25)19-6-1-14(2-7-19)3-8-21(30)29-20-10-17-9-15(18(11-26)12-27)4-5-16(17)13-28-20/h1-2,4-7,9-13,26H,3,8,27H2,(H,28,29,30)/b18-12+,26-11?. The number of carbonyl (C=O) groups excluding carboxylic acids is 1. The molecule has 8 heteroatoms. The van der Waals surface area contributed by atoms with Crippen molar-refractivity contribution in [2.75, 3.05) is 5.32 Å². The Labute approximate surface area is 170 Å². The molecule has 0 radical (unpaired) electrons. The third-order valence-corrected chi connectivity index (χ3v) is 4.58. The van der Waals surface area contributed by atoms with Crippen molar-refractivity contribution in [1.29, 1.82) is 5.41 Å². The van der Waals surface area contributed by atoms with Crippen LogP contribution in [0.25, 0.3) is 16.3 Å². The number of aromatic nitrogens is 1. The number of halogens is 3. The molecular weight excluding hydrogens is 393 g/mol. The van der Waals surface area contributed by atoms with Crippen molar-refractivity contribution in [1.82, 2.24) is 4.98 Å². The number of hydrogen-bond donors (Lipinski definition) is 3. The van der Waals surface area contributed by atoms with Crippen molar-refractivity contribution in [3.63, 3.8) is 0 Å². The van der Waals surface area contributed by atoms with Crippen molar-refractivity contribution >= 4 is 34.3 Å². The summed E-state index contributed by atoms with van der Waals surface area (Å²) in [6, 6.07) is 12.0. The monoisotopic (exact) mass is 412 g/mol. The summed E-state index contributed by atoms with van der Waals surface area (Å²) in [5.74, 6) is 0.0742. The molecule has 3 aromatic rings. The minimum atomic E-state index is -4.38. The molecule has 1 amide bonds. The maximum absolute atomic E-state index is 12.6. The van der Waals surface area contributed by atoms with E-state index in [4.69, 9.17) is 11.1 Å². The van der Waals surface area contributed by atoms with Gasteiger partial charge in [0.05, 0.1) is 5.56 Å². The first-order valence-corrected chi connectivity index (χ1v) is 9.08. The Morgan fingerprint density at radius 2 is 1.83 bits per heavy atom. The summed E-state index contributed by atoms with van der Waals surface area (Å²) < 4.78 is 37.8. The van der Waals surface area contributed by atoms with E-state index in [0.717, 1.165) is 34.7 Å². The molecule has 0 unspecified atom stereocenters. The van der Waals surface area contributed by atoms with E-state index < -0.39 is 11.7 Å². The van der Waals surface area contributed by atoms with Crippen LogP contribution in [0, 0.1) is 5.41 Å². The Balaban J connectivity index is 1.66. The van der Waals surface area contributed by atoms with Gasteiger partial charge in [0.1, 0.15) is 5.82 Å². The van der Waals surface area contributed by atoms with Gasteiger partial charge in [0.15, 0.2) is 0 Å². The molecule has 4 N–H and O–H groups in total. The fourth-order valence-electron chi connectivity index (χ4n) is 2.94. The smallest absolute Gasteiger partial charge is 0.404 e. The molecule has 5 nitrogen and oxygen atoms in total. The molecular formula is C22H19F3N4O. The average molecular weight is 412 g/mol. The molecule has 2 aromatic carbocycles. The fraction of sp³-hybridized carbons (Fsp3) is 0.136. The third kappa shape index (κ3) is 5.02. The number of nitrogens with two attached hydrogens (primary N) is 1. The molecule has 0 fully saturated rings. The molecule has 0 aliphatic rings. The molecule has 1 aromatic heterocycles. The second-order valence-electron chi connectivity index (χ2n) is 6.64. The Morgan fingerprint density at radius 1 is 1.10 bits per heavy atom. The maximum atomic E-state index is 12.6. The predicted octanol–water partition coefficient (Wildman–Crippen LogP) is 4.77. The Bertz CT molecular complexity index is 1110. The van der Waals surface area contributed by atoms with Crippen LogP contribution in [0.5, 0.6) is 0 Å². The molecule has 0 saturated carbocycles. The van der Waals surface area contributed by atoms with Gasteiger partial charge in [-0.15, -0.1) is 0 Å². The van der Waals surface area contributed by atoms with Gasteiger partial charge in [-0.1, -0.05) is 24.3 Å². The van der Waals surface area contributed by atoms with E-state index in [1.54, 1.807) is 12.3 Å². The summed E-state index contributed by atoms with van der Waals surface area (Å²) in [5, 5.41) is 11.8. The lowest BCUT2D eigenvalue weighted by molar-refractivity contribution is -0.137. The van der Waals surface area contributed by atoms with Gasteiger partial charge in [-0.3, -0.25) is 4.79 Å². The highest BCUT2D eigenvalue weighted by Gasteiger charge is 2.29. The first kappa shape index (κ1) is 21.0. The van der Waals surface area contributed by atoms with Gasteiger partial charge in [-0.2, -0.15) is 13.2 Å². The summed E-state index contributed by atoms with van der Waals surface area (Å²) in [7, 11) is 0. The molecule has 154 valence electrons. The normalized spacial score (nSPS) is 12.0. The van der Waals surface area contributed by atoms with Crippen LogP contribution in [-0.4, -0.2) is 17.1 Å². The highest BCUT2D eigenvalue weighted by atomic mass is 19.4. The number of nitrogens with one attached hydrogen (secondary N) is 2. The molecule has 0 saturated heterocycles. The molecule has 3 rings (SSSR count). The minimum Gasteiger partial charge on any atom is -0.404 e. The van der Waals surface area contributed by atoms with Crippen LogP contribution in [0.4, 0.5) is 19.0 Å². The van der Waals surface area contributed by atoms with Crippen molar-refractivity contribution in [2.45, 2.75) is 19.0 Å². The topological polar surface area (TPSA) is 91.9 Å². The number of carbonyl (C=O) groups is 1. The zero-order valence-electron chi connectivity index (χ0n) is 15.8. The number of hydrogen-bond acceptors (Lipinski definition) is 4. The van der Waals surface area contributed by atoms with Gasteiger partial charge in [-0.05, 0) is 47.2 Å². The van der Waals surface area contributed by atoms with Crippen LogP contribution in [0.2, 0.25) is 0 Å². The third-order valence-electron chi connectivity index (χ3n) is 4.58. The quantitative estimate of drug-likeness (QED) is 0.509. The number of anilines is 1. The van der Waals surface area contributed by atoms with Crippen molar-refractivity contribution in [3.05, 3.63) is 77.6 Å². The second-order valence-corrected chi connectivity index (χ2v) is 6.64. The lowest BCUT2D eigenvalue weighted by atomic mass is 10.0. The molecule has 0 spiro atoms. The Hall–Kier alpha value is -3.68. The lowest BCUT2D eigenvalue weighted by Gasteiger charge is -2.09. The molecule has 0 bridgehead atoms. The number of nitrogens with zero attached hydrogens (tertiary/aromatic N) is 1. The summed E-state index contributed by atoms with van der Waals surface area (Å²) in [6.45, 7) is 0. The summed E-state index contributed by atoms with van der Waals surface area (Å²) in [6.07, 6.45) is 0.175. The lowest BCUT2D eigenvalue weighted by Crippen LogP contribution is -2.13. The SMILES string of the molecule is N=C/C(=C\N)c1ccc2cnc(NC(=O)CCc3ccc(C(F)(F)F)cc3)cc2c1. The van der Waals surface area contributed by atoms with Gasteiger partial charge >= 0.3 is 6.18 Å². The average Bonchev–Trinajstić information content (AvgIpc) is 2.72. The van der Waals surface area contributed by atoms with Gasteiger partial charge in [0.25, 0.3) is 0 Å². The van der Waals surface area contributed by atoms with E-state index in [2.05, 4.69) is 10.3 Å². The number of fused-ring (bicyclic) bond motifs is 1. The summed E-state index contributed by atoms with van der Waals surface area (Å²) in [4.78, 5) is 16.4. The summed E-state index contributed by atoms with van der Waals surface area (Å²) >= 11 is 0. The Morgan fingerprint density at radius 3 is 2.47 bits per heavy atom. The van der Waals surface area contributed by atoms with Crippen LogP contribution in [0.3, 0.4) is 0 Å². The van der Waals surface area contributed by atoms with E-state index in [1.165, 1.54) is 18.3 Å². The number of rotatable bonds is 6. The number of aryl methyl sites for hydroxylation is 1. The van der Waals surface area contributed by atoms with Crippen LogP contribution >= 0.6 is 0 Å². The molecule has 0 aliphatic carbocycles. The van der Waals surface area contributed by atoms with Crippen molar-refractivity contribution < 1.29 is 18.0 Å². The van der Waals surface area contributed by atoms with Crippen molar-refractivity contribution in [2.24, 2.45) is 5.73 Å². The second kappa shape index (κ2) is 8.77.